The Kier molecular flexibility index (Phi) is 5.70. The monoisotopic (exact) mass is 370 g/mol. The quantitative estimate of drug-likeness (QED) is 0.604. The normalized spacial score (nSPS) is 10.6. The van der Waals surface area contributed by atoms with Gasteiger partial charge in [-0.1, -0.05) is 0 Å². The predicted molar refractivity (Wildman–Crippen MR) is 72.2 cm³/mol. The van der Waals surface area contributed by atoms with Crippen LogP contribution in [0, 0.1) is 3.57 Å². The first kappa shape index (κ1) is 14.2. The average Bonchev–Trinajstić information content (AvgIpc) is 2.27. The molecule has 1 aromatic rings. The van der Waals surface area contributed by atoms with Crippen LogP contribution in [0.5, 0.6) is 0 Å². The molecule has 0 N–H and O–H groups in total. The number of hydrogen-bond acceptors (Lipinski definition) is 4. The molecular weight excluding hydrogens is 358 g/mol. The summed E-state index contributed by atoms with van der Waals surface area (Å²) in [4.78, 5) is 21.9. The van der Waals surface area contributed by atoms with Crippen molar-refractivity contribution in [2.75, 3.05) is 0 Å². The van der Waals surface area contributed by atoms with E-state index in [4.69, 9.17) is 17.7 Å². The van der Waals surface area contributed by atoms with Crippen LogP contribution in [0.3, 0.4) is 0 Å². The summed E-state index contributed by atoms with van der Waals surface area (Å²) in [5.74, 6) is -0.543. The molecule has 0 atom stereocenters. The molecule has 6 heteroatoms. The zero-order valence-corrected chi connectivity index (χ0v) is 12.3. The molecule has 0 aliphatic heterocycles. The second kappa shape index (κ2) is 6.80. The summed E-state index contributed by atoms with van der Waals surface area (Å²) >= 11 is 3.02. The van der Waals surface area contributed by atoms with Crippen molar-refractivity contribution in [1.82, 2.24) is 0 Å². The Morgan fingerprint density at radius 3 is 2.29 bits per heavy atom. The molecule has 4 nitrogen and oxygen atoms in total. The Morgan fingerprint density at radius 2 is 1.82 bits per heavy atom. The fraction of sp³-hybridized carbons (Fsp3) is 0.273. The molecule has 0 saturated heterocycles. The van der Waals surface area contributed by atoms with E-state index < -0.39 is 32.6 Å². The zero-order chi connectivity index (χ0) is 12.8. The molecule has 17 heavy (non-hydrogen) atoms. The van der Waals surface area contributed by atoms with Crippen molar-refractivity contribution < 1.29 is 15.7 Å². The Balaban J connectivity index is 2.94. The van der Waals surface area contributed by atoms with Gasteiger partial charge in [0.25, 0.3) is 0 Å². The molecule has 0 aromatic heterocycles. The summed E-state index contributed by atoms with van der Waals surface area (Å²) in [6.07, 6.45) is 0. The Morgan fingerprint density at radius 1 is 1.24 bits per heavy atom. The number of hydrogen-bond donors (Lipinski definition) is 0. The third-order valence-corrected chi connectivity index (χ3v) is 5.62. The van der Waals surface area contributed by atoms with Gasteiger partial charge in [0.1, 0.15) is 0 Å². The van der Waals surface area contributed by atoms with Gasteiger partial charge in [-0.15, -0.1) is 0 Å². The van der Waals surface area contributed by atoms with E-state index in [0.29, 0.717) is 5.88 Å². The van der Waals surface area contributed by atoms with Crippen LogP contribution in [-0.4, -0.2) is 11.9 Å². The van der Waals surface area contributed by atoms with Crippen molar-refractivity contribution in [3.63, 3.8) is 0 Å². The molecule has 0 aliphatic carbocycles. The minimum absolute atomic E-state index is 0.359. The number of halogens is 2. The van der Waals surface area contributed by atoms with Crippen LogP contribution in [0.25, 0.3) is 0 Å². The van der Waals surface area contributed by atoms with E-state index in [1.54, 1.807) is 18.2 Å². The molecule has 0 fully saturated rings. The minimum atomic E-state index is -2.70. The number of rotatable bonds is 4. The molecule has 0 amide bonds. The van der Waals surface area contributed by atoms with E-state index in [1.165, 1.54) is 13.8 Å². The Bertz CT molecular complexity index is 406. The molecule has 94 valence electrons. The molecule has 0 unspecified atom stereocenters. The van der Waals surface area contributed by atoms with Crippen LogP contribution in [0.4, 0.5) is 0 Å². The molecule has 0 radical (unpaired) electrons. The number of alkyl halides is 1. The van der Waals surface area contributed by atoms with Gasteiger partial charge in [-0.2, -0.15) is 0 Å². The zero-order valence-electron chi connectivity index (χ0n) is 9.41. The molecule has 0 spiro atoms. The van der Waals surface area contributed by atoms with Crippen molar-refractivity contribution in [2.45, 2.75) is 19.7 Å². The van der Waals surface area contributed by atoms with Gasteiger partial charge in [0.2, 0.25) is 0 Å². The maximum atomic E-state index is 11.0. The SMILES string of the molecule is CC(=O)OI(OC(C)=O)c1cccc(CCl)c1. The predicted octanol–water partition coefficient (Wildman–Crippen LogP) is 3.06. The number of benzene rings is 1. The summed E-state index contributed by atoms with van der Waals surface area (Å²) in [6.45, 7) is 2.58. The van der Waals surface area contributed by atoms with E-state index in [9.17, 15) is 9.59 Å². The summed E-state index contributed by atoms with van der Waals surface area (Å²) in [5.41, 5.74) is 0.894. The summed E-state index contributed by atoms with van der Waals surface area (Å²) in [6, 6.07) is 7.22. The van der Waals surface area contributed by atoms with Crippen molar-refractivity contribution >= 4 is 44.2 Å². The standard InChI is InChI=1S/C11H12ClIO4/c1-8(14)16-13(17-9(2)15)11-5-3-4-10(6-11)7-12/h3-6H,7H2,1-2H3. The van der Waals surface area contributed by atoms with Crippen molar-refractivity contribution in [2.24, 2.45) is 0 Å². The first-order valence-corrected chi connectivity index (χ1v) is 8.13. The Labute approximate surface area is 113 Å². The molecular formula is C11H12ClIO4. The van der Waals surface area contributed by atoms with E-state index in [1.807, 2.05) is 6.07 Å². The molecule has 0 saturated carbocycles. The number of carbonyl (C=O) groups is 2. The van der Waals surface area contributed by atoms with E-state index in [2.05, 4.69) is 0 Å². The van der Waals surface area contributed by atoms with E-state index in [-0.39, 0.29) is 0 Å². The van der Waals surface area contributed by atoms with Gasteiger partial charge in [-0.3, -0.25) is 0 Å². The van der Waals surface area contributed by atoms with E-state index >= 15 is 0 Å². The fourth-order valence-corrected chi connectivity index (χ4v) is 4.06. The van der Waals surface area contributed by atoms with Crippen molar-refractivity contribution in [1.29, 1.82) is 0 Å². The average molecular weight is 371 g/mol. The molecule has 1 aromatic carbocycles. The van der Waals surface area contributed by atoms with Crippen molar-refractivity contribution in [3.05, 3.63) is 33.4 Å². The fourth-order valence-electron chi connectivity index (χ4n) is 1.02. The molecule has 0 aliphatic rings. The molecule has 1 rings (SSSR count). The first-order chi connectivity index (χ1) is 8.02. The van der Waals surface area contributed by atoms with Gasteiger partial charge in [0.05, 0.1) is 0 Å². The third-order valence-electron chi connectivity index (χ3n) is 1.58. The van der Waals surface area contributed by atoms with Crippen LogP contribution in [0.15, 0.2) is 24.3 Å². The molecule has 0 heterocycles. The van der Waals surface area contributed by atoms with Crippen molar-refractivity contribution in [3.8, 4) is 0 Å². The van der Waals surface area contributed by atoms with Crippen LogP contribution >= 0.6 is 32.3 Å². The van der Waals surface area contributed by atoms with Crippen LogP contribution in [-0.2, 0) is 21.6 Å². The second-order valence-corrected chi connectivity index (χ2v) is 6.75. The van der Waals surface area contributed by atoms with Gasteiger partial charge in [-0.25, -0.2) is 0 Å². The van der Waals surface area contributed by atoms with Crippen LogP contribution in [0.2, 0.25) is 0 Å². The second-order valence-electron chi connectivity index (χ2n) is 3.12. The van der Waals surface area contributed by atoms with Crippen LogP contribution in [0.1, 0.15) is 19.4 Å². The van der Waals surface area contributed by atoms with Gasteiger partial charge < -0.3 is 0 Å². The summed E-state index contributed by atoms with van der Waals surface area (Å²) < 4.78 is 10.9. The summed E-state index contributed by atoms with van der Waals surface area (Å²) in [7, 11) is 0. The van der Waals surface area contributed by atoms with Crippen LogP contribution < -0.4 is 0 Å². The first-order valence-electron chi connectivity index (χ1n) is 4.76. The topological polar surface area (TPSA) is 52.6 Å². The van der Waals surface area contributed by atoms with Gasteiger partial charge >= 0.3 is 113 Å². The van der Waals surface area contributed by atoms with Gasteiger partial charge in [0, 0.05) is 0 Å². The summed E-state index contributed by atoms with van der Waals surface area (Å²) in [5, 5.41) is 0. The Hall–Kier alpha value is -0.820. The molecule has 0 bridgehead atoms. The third kappa shape index (κ3) is 4.91. The van der Waals surface area contributed by atoms with Gasteiger partial charge in [0.15, 0.2) is 0 Å². The van der Waals surface area contributed by atoms with Gasteiger partial charge in [-0.05, 0) is 0 Å². The number of carbonyl (C=O) groups excluding carboxylic acids is 2. The maximum absolute atomic E-state index is 11.0. The van der Waals surface area contributed by atoms with E-state index in [0.717, 1.165) is 9.13 Å².